The Morgan fingerprint density at radius 1 is 1.06 bits per heavy atom. The fourth-order valence-electron chi connectivity index (χ4n) is 4.14. The third-order valence-corrected chi connectivity index (χ3v) is 5.53. The Morgan fingerprint density at radius 3 is 2.50 bits per heavy atom. The summed E-state index contributed by atoms with van der Waals surface area (Å²) in [6.45, 7) is 6.46. The van der Waals surface area contributed by atoms with Crippen molar-refractivity contribution in [1.29, 1.82) is 0 Å². The molecule has 1 unspecified atom stereocenters. The molecule has 1 aliphatic heterocycles. The number of rotatable bonds is 5. The molecule has 18 heavy (non-hydrogen) atoms. The van der Waals surface area contributed by atoms with Crippen LogP contribution in [0.3, 0.4) is 0 Å². The Bertz CT molecular complexity index is 266. The van der Waals surface area contributed by atoms with E-state index < -0.39 is 0 Å². The van der Waals surface area contributed by atoms with Crippen molar-refractivity contribution in [3.05, 3.63) is 0 Å². The normalized spacial score (nSPS) is 32.8. The maximum atomic E-state index is 3.84. The summed E-state index contributed by atoms with van der Waals surface area (Å²) in [5.41, 5.74) is 0.682. The topological polar surface area (TPSA) is 15.3 Å². The molecule has 0 amide bonds. The van der Waals surface area contributed by atoms with Crippen LogP contribution in [-0.2, 0) is 0 Å². The van der Waals surface area contributed by atoms with Crippen LogP contribution in [0.15, 0.2) is 0 Å². The minimum Gasteiger partial charge on any atom is -0.310 e. The van der Waals surface area contributed by atoms with Crippen LogP contribution in [0.4, 0.5) is 0 Å². The van der Waals surface area contributed by atoms with E-state index in [1.54, 1.807) is 0 Å². The highest BCUT2D eigenvalue weighted by atomic mass is 15.2. The molecule has 1 heterocycles. The zero-order chi connectivity index (χ0) is 12.4. The first kappa shape index (κ1) is 12.9. The molecule has 0 bridgehead atoms. The smallest absolute Gasteiger partial charge is 0.0198 e. The largest absolute Gasteiger partial charge is 0.310 e. The molecule has 2 heteroatoms. The molecule has 0 aromatic rings. The highest BCUT2D eigenvalue weighted by molar-refractivity contribution is 4.91. The van der Waals surface area contributed by atoms with Crippen molar-refractivity contribution in [2.24, 2.45) is 5.41 Å². The van der Waals surface area contributed by atoms with Gasteiger partial charge < -0.3 is 10.2 Å². The third kappa shape index (κ3) is 3.08. The van der Waals surface area contributed by atoms with Crippen LogP contribution in [0.2, 0.25) is 0 Å². The Morgan fingerprint density at radius 2 is 1.83 bits per heavy atom. The molecule has 2 aliphatic carbocycles. The van der Waals surface area contributed by atoms with Crippen LogP contribution in [0.25, 0.3) is 0 Å². The van der Waals surface area contributed by atoms with Crippen LogP contribution >= 0.6 is 0 Å². The minimum absolute atomic E-state index is 0.682. The van der Waals surface area contributed by atoms with Gasteiger partial charge in [-0.2, -0.15) is 0 Å². The van der Waals surface area contributed by atoms with Crippen molar-refractivity contribution in [3.63, 3.8) is 0 Å². The van der Waals surface area contributed by atoms with Gasteiger partial charge in [-0.3, -0.25) is 0 Å². The van der Waals surface area contributed by atoms with Gasteiger partial charge in [0.25, 0.3) is 0 Å². The highest BCUT2D eigenvalue weighted by Gasteiger charge is 2.35. The van der Waals surface area contributed by atoms with Crippen molar-refractivity contribution in [3.8, 4) is 0 Å². The van der Waals surface area contributed by atoms with Gasteiger partial charge in [0, 0.05) is 25.2 Å². The molecule has 2 saturated carbocycles. The molecule has 104 valence electrons. The lowest BCUT2D eigenvalue weighted by atomic mass is 9.82. The van der Waals surface area contributed by atoms with Gasteiger partial charge in [0.05, 0.1) is 0 Å². The zero-order valence-corrected chi connectivity index (χ0v) is 12.1. The second-order valence-corrected chi connectivity index (χ2v) is 7.08. The standard InChI is InChI=1S/C16H30N2/c1-2-16(9-3-4-10-16)13-18-11-5-6-15(12-18)17-14-7-8-14/h14-15,17H,2-13H2,1H3. The summed E-state index contributed by atoms with van der Waals surface area (Å²) in [7, 11) is 0. The number of nitrogens with zero attached hydrogens (tertiary/aromatic N) is 1. The molecule has 0 aromatic heterocycles. The second kappa shape index (κ2) is 5.50. The Hall–Kier alpha value is -0.0800. The quantitative estimate of drug-likeness (QED) is 0.806. The van der Waals surface area contributed by atoms with Crippen LogP contribution in [-0.4, -0.2) is 36.6 Å². The van der Waals surface area contributed by atoms with Gasteiger partial charge in [0.15, 0.2) is 0 Å². The fourth-order valence-corrected chi connectivity index (χ4v) is 4.14. The van der Waals surface area contributed by atoms with Crippen molar-refractivity contribution in [2.75, 3.05) is 19.6 Å². The predicted octanol–water partition coefficient (Wildman–Crippen LogP) is 3.17. The van der Waals surface area contributed by atoms with Gasteiger partial charge in [-0.15, -0.1) is 0 Å². The van der Waals surface area contributed by atoms with Crippen LogP contribution in [0, 0.1) is 5.41 Å². The Balaban J connectivity index is 1.51. The molecular formula is C16H30N2. The van der Waals surface area contributed by atoms with Gasteiger partial charge in [-0.05, 0) is 56.9 Å². The number of likely N-dealkylation sites (tertiary alicyclic amines) is 1. The van der Waals surface area contributed by atoms with Gasteiger partial charge in [-0.1, -0.05) is 19.8 Å². The molecule has 0 aromatic carbocycles. The molecule has 0 spiro atoms. The summed E-state index contributed by atoms with van der Waals surface area (Å²) in [5.74, 6) is 0. The lowest BCUT2D eigenvalue weighted by molar-refractivity contribution is 0.111. The number of hydrogen-bond donors (Lipinski definition) is 1. The fraction of sp³-hybridized carbons (Fsp3) is 1.00. The van der Waals surface area contributed by atoms with Crippen LogP contribution in [0.1, 0.15) is 64.7 Å². The highest BCUT2D eigenvalue weighted by Crippen LogP contribution is 2.41. The molecule has 3 aliphatic rings. The monoisotopic (exact) mass is 250 g/mol. The maximum Gasteiger partial charge on any atom is 0.0198 e. The molecule has 0 radical (unpaired) electrons. The Labute approximate surface area is 113 Å². The van der Waals surface area contributed by atoms with Crippen LogP contribution in [0.5, 0.6) is 0 Å². The molecular weight excluding hydrogens is 220 g/mol. The first-order valence-corrected chi connectivity index (χ1v) is 8.28. The molecule has 2 nitrogen and oxygen atoms in total. The van der Waals surface area contributed by atoms with E-state index in [-0.39, 0.29) is 0 Å². The summed E-state index contributed by atoms with van der Waals surface area (Å²) in [6.07, 6.45) is 13.0. The Kier molecular flexibility index (Phi) is 3.95. The van der Waals surface area contributed by atoms with Gasteiger partial charge in [0.1, 0.15) is 0 Å². The number of hydrogen-bond acceptors (Lipinski definition) is 2. The lowest BCUT2D eigenvalue weighted by Crippen LogP contribution is -2.49. The average molecular weight is 250 g/mol. The summed E-state index contributed by atoms with van der Waals surface area (Å²) in [5, 5.41) is 3.84. The second-order valence-electron chi connectivity index (χ2n) is 7.08. The van der Waals surface area contributed by atoms with Crippen molar-refractivity contribution in [2.45, 2.75) is 76.8 Å². The van der Waals surface area contributed by atoms with Crippen molar-refractivity contribution in [1.82, 2.24) is 10.2 Å². The first-order valence-electron chi connectivity index (χ1n) is 8.28. The zero-order valence-electron chi connectivity index (χ0n) is 12.1. The summed E-state index contributed by atoms with van der Waals surface area (Å²) in [4.78, 5) is 2.78. The molecule has 3 fully saturated rings. The number of piperidine rings is 1. The van der Waals surface area contributed by atoms with E-state index in [9.17, 15) is 0 Å². The molecule has 1 saturated heterocycles. The van der Waals surface area contributed by atoms with E-state index in [1.165, 1.54) is 77.4 Å². The van der Waals surface area contributed by atoms with E-state index in [0.29, 0.717) is 5.41 Å². The lowest BCUT2D eigenvalue weighted by Gasteiger charge is -2.39. The minimum atomic E-state index is 0.682. The van der Waals surface area contributed by atoms with Crippen molar-refractivity contribution >= 4 is 0 Å². The molecule has 3 rings (SSSR count). The summed E-state index contributed by atoms with van der Waals surface area (Å²) in [6, 6.07) is 1.67. The van der Waals surface area contributed by atoms with Gasteiger partial charge >= 0.3 is 0 Å². The molecule has 1 N–H and O–H groups in total. The third-order valence-electron chi connectivity index (χ3n) is 5.53. The van der Waals surface area contributed by atoms with Gasteiger partial charge in [-0.25, -0.2) is 0 Å². The predicted molar refractivity (Wildman–Crippen MR) is 76.8 cm³/mol. The summed E-state index contributed by atoms with van der Waals surface area (Å²) >= 11 is 0. The molecule has 1 atom stereocenters. The first-order chi connectivity index (χ1) is 8.80. The van der Waals surface area contributed by atoms with Crippen molar-refractivity contribution < 1.29 is 0 Å². The van der Waals surface area contributed by atoms with E-state index in [1.807, 2.05) is 0 Å². The van der Waals surface area contributed by atoms with E-state index in [4.69, 9.17) is 0 Å². The average Bonchev–Trinajstić information content (AvgIpc) is 3.07. The van der Waals surface area contributed by atoms with E-state index in [2.05, 4.69) is 17.1 Å². The van der Waals surface area contributed by atoms with E-state index in [0.717, 1.165) is 12.1 Å². The van der Waals surface area contributed by atoms with Gasteiger partial charge in [0.2, 0.25) is 0 Å². The van der Waals surface area contributed by atoms with Crippen LogP contribution < -0.4 is 5.32 Å². The SMILES string of the molecule is CCC1(CN2CCCC(NC3CC3)C2)CCCC1. The van der Waals surface area contributed by atoms with E-state index >= 15 is 0 Å². The number of nitrogens with one attached hydrogen (secondary N) is 1. The summed E-state index contributed by atoms with van der Waals surface area (Å²) < 4.78 is 0. The maximum absolute atomic E-state index is 3.84.